The number of benzene rings is 1. The van der Waals surface area contributed by atoms with Gasteiger partial charge in [-0.3, -0.25) is 0 Å². The molecular weight excluding hydrogens is 352 g/mol. The van der Waals surface area contributed by atoms with E-state index in [9.17, 15) is 4.79 Å². The van der Waals surface area contributed by atoms with Crippen molar-refractivity contribution in [1.29, 1.82) is 0 Å². The van der Waals surface area contributed by atoms with Crippen molar-refractivity contribution in [2.24, 2.45) is 0 Å². The van der Waals surface area contributed by atoms with Gasteiger partial charge in [0.2, 0.25) is 0 Å². The van der Waals surface area contributed by atoms with Gasteiger partial charge in [-0.15, -0.1) is 0 Å². The Morgan fingerprint density at radius 2 is 1.92 bits per heavy atom. The Bertz CT molecular complexity index is 892. The molecule has 0 fully saturated rings. The number of halogens is 1. The van der Waals surface area contributed by atoms with Crippen LogP contribution in [0.2, 0.25) is 5.15 Å². The average molecular weight is 373 g/mol. The molecule has 0 aliphatic rings. The smallest absolute Gasteiger partial charge is 0.132 e. The van der Waals surface area contributed by atoms with Crippen LogP contribution in [0.4, 0.5) is 0 Å². The second-order valence-electron chi connectivity index (χ2n) is 6.09. The van der Waals surface area contributed by atoms with Crippen molar-refractivity contribution in [2.75, 3.05) is 13.2 Å². The molecule has 136 valence electrons. The Balaban J connectivity index is 1.55. The number of Topliss-reactive ketones (excluding diaryl/α,β-unsaturated/α-hetero) is 1. The van der Waals surface area contributed by atoms with E-state index >= 15 is 0 Å². The predicted octanol–water partition coefficient (Wildman–Crippen LogP) is 4.59. The summed E-state index contributed by atoms with van der Waals surface area (Å²) in [5.74, 6) is 1.69. The summed E-state index contributed by atoms with van der Waals surface area (Å²) in [6, 6.07) is 9.38. The third kappa shape index (κ3) is 4.99. The van der Waals surface area contributed by atoms with Crippen LogP contribution in [-0.4, -0.2) is 29.0 Å². The lowest BCUT2D eigenvalue weighted by molar-refractivity contribution is -0.117. The van der Waals surface area contributed by atoms with E-state index in [2.05, 4.69) is 9.97 Å². The van der Waals surface area contributed by atoms with Crippen molar-refractivity contribution in [3.05, 3.63) is 53.4 Å². The van der Waals surface area contributed by atoms with E-state index in [1.54, 1.807) is 25.3 Å². The lowest BCUT2D eigenvalue weighted by Gasteiger charge is -2.09. The zero-order chi connectivity index (χ0) is 18.4. The van der Waals surface area contributed by atoms with E-state index < -0.39 is 0 Å². The highest BCUT2D eigenvalue weighted by Crippen LogP contribution is 2.25. The van der Waals surface area contributed by atoms with Crippen molar-refractivity contribution in [3.8, 4) is 11.5 Å². The van der Waals surface area contributed by atoms with Gasteiger partial charge in [0.15, 0.2) is 0 Å². The molecule has 1 aromatic carbocycles. The molecule has 0 saturated heterocycles. The summed E-state index contributed by atoms with van der Waals surface area (Å²) in [6.45, 7) is 2.47. The normalized spacial score (nSPS) is 10.8. The molecule has 0 aliphatic heterocycles. The van der Waals surface area contributed by atoms with E-state index in [1.165, 1.54) is 5.56 Å². The van der Waals surface area contributed by atoms with Gasteiger partial charge in [-0.25, -0.2) is 4.98 Å². The quantitative estimate of drug-likeness (QED) is 0.441. The van der Waals surface area contributed by atoms with Gasteiger partial charge >= 0.3 is 0 Å². The number of nitrogens with zero attached hydrogens (tertiary/aromatic N) is 1. The number of hydrogen-bond donors (Lipinski definition) is 1. The fourth-order valence-electron chi connectivity index (χ4n) is 2.78. The lowest BCUT2D eigenvalue weighted by Crippen LogP contribution is -2.09. The van der Waals surface area contributed by atoms with Crippen LogP contribution in [0.25, 0.3) is 10.9 Å². The highest BCUT2D eigenvalue weighted by molar-refractivity contribution is 6.29. The first-order valence-electron chi connectivity index (χ1n) is 8.58. The summed E-state index contributed by atoms with van der Waals surface area (Å²) in [5.41, 5.74) is 2.27. The zero-order valence-electron chi connectivity index (χ0n) is 14.6. The van der Waals surface area contributed by atoms with E-state index in [0.29, 0.717) is 30.5 Å². The molecule has 0 atom stereocenters. The number of aryl methyl sites for hydroxylation is 1. The molecule has 0 unspecified atom stereocenters. The van der Waals surface area contributed by atoms with Gasteiger partial charge in [0, 0.05) is 35.8 Å². The molecule has 0 aliphatic carbocycles. The maximum absolute atomic E-state index is 11.1. The number of carbonyl (C=O) groups is 1. The molecule has 0 radical (unpaired) electrons. The van der Waals surface area contributed by atoms with Crippen molar-refractivity contribution in [2.45, 2.75) is 26.2 Å². The Kier molecular flexibility index (Phi) is 6.12. The number of rotatable bonds is 9. The molecule has 26 heavy (non-hydrogen) atoms. The SMILES string of the molecule is CC(=O)CCCc1c[nH]c2ccc(OCCOc3ccnc(Cl)c3)cc12. The van der Waals surface area contributed by atoms with Gasteiger partial charge in [0.05, 0.1) is 0 Å². The Labute approximate surface area is 157 Å². The van der Waals surface area contributed by atoms with Crippen LogP contribution in [0.5, 0.6) is 11.5 Å². The van der Waals surface area contributed by atoms with E-state index in [0.717, 1.165) is 29.5 Å². The van der Waals surface area contributed by atoms with Gasteiger partial charge < -0.3 is 19.3 Å². The highest BCUT2D eigenvalue weighted by Gasteiger charge is 2.06. The second-order valence-corrected chi connectivity index (χ2v) is 6.48. The molecular formula is C20H21ClN2O3. The molecule has 1 N–H and O–H groups in total. The van der Waals surface area contributed by atoms with Gasteiger partial charge in [0.1, 0.15) is 35.6 Å². The van der Waals surface area contributed by atoms with Crippen LogP contribution in [0.15, 0.2) is 42.7 Å². The molecule has 2 heterocycles. The Morgan fingerprint density at radius 3 is 2.65 bits per heavy atom. The standard InChI is InChI=1S/C20H21ClN2O3/c1-14(24)3-2-4-15-13-23-19-6-5-16(11-18(15)19)25-9-10-26-17-7-8-22-20(21)12-17/h5-8,11-13,23H,2-4,9-10H2,1H3. The van der Waals surface area contributed by atoms with Crippen molar-refractivity contribution >= 4 is 28.3 Å². The van der Waals surface area contributed by atoms with E-state index in [-0.39, 0.29) is 5.78 Å². The molecule has 5 nitrogen and oxygen atoms in total. The number of pyridine rings is 1. The van der Waals surface area contributed by atoms with Crippen LogP contribution in [0, 0.1) is 0 Å². The maximum atomic E-state index is 11.1. The summed E-state index contributed by atoms with van der Waals surface area (Å²) >= 11 is 5.82. The Hall–Kier alpha value is -2.53. The first-order valence-corrected chi connectivity index (χ1v) is 8.96. The largest absolute Gasteiger partial charge is 0.490 e. The molecule has 2 aromatic heterocycles. The van der Waals surface area contributed by atoms with Crippen LogP contribution in [0.1, 0.15) is 25.3 Å². The van der Waals surface area contributed by atoms with Crippen LogP contribution in [0.3, 0.4) is 0 Å². The van der Waals surface area contributed by atoms with Crippen LogP contribution in [-0.2, 0) is 11.2 Å². The molecule has 0 amide bonds. The minimum absolute atomic E-state index is 0.226. The molecule has 0 spiro atoms. The zero-order valence-corrected chi connectivity index (χ0v) is 15.4. The van der Waals surface area contributed by atoms with Crippen LogP contribution >= 0.6 is 11.6 Å². The lowest BCUT2D eigenvalue weighted by atomic mass is 10.1. The van der Waals surface area contributed by atoms with Crippen molar-refractivity contribution in [3.63, 3.8) is 0 Å². The fourth-order valence-corrected chi connectivity index (χ4v) is 2.94. The maximum Gasteiger partial charge on any atom is 0.132 e. The van der Waals surface area contributed by atoms with Crippen LogP contribution < -0.4 is 9.47 Å². The number of aromatic nitrogens is 2. The van der Waals surface area contributed by atoms with Gasteiger partial charge in [-0.05, 0) is 49.6 Å². The second kappa shape index (κ2) is 8.72. The van der Waals surface area contributed by atoms with Crippen molar-refractivity contribution < 1.29 is 14.3 Å². The third-order valence-corrected chi connectivity index (χ3v) is 4.24. The monoisotopic (exact) mass is 372 g/mol. The number of hydrogen-bond acceptors (Lipinski definition) is 4. The number of fused-ring (bicyclic) bond motifs is 1. The minimum Gasteiger partial charge on any atom is -0.490 e. The molecule has 3 aromatic rings. The first-order chi connectivity index (χ1) is 12.6. The van der Waals surface area contributed by atoms with E-state index in [1.807, 2.05) is 24.4 Å². The number of nitrogens with one attached hydrogen (secondary N) is 1. The number of H-pyrrole nitrogens is 1. The predicted molar refractivity (Wildman–Crippen MR) is 102 cm³/mol. The summed E-state index contributed by atoms with van der Waals surface area (Å²) in [4.78, 5) is 18.3. The fraction of sp³-hybridized carbons (Fsp3) is 0.300. The summed E-state index contributed by atoms with van der Waals surface area (Å²) in [6.07, 6.45) is 5.95. The molecule has 3 rings (SSSR count). The summed E-state index contributed by atoms with van der Waals surface area (Å²) < 4.78 is 11.4. The minimum atomic E-state index is 0.226. The number of ketones is 1. The number of carbonyl (C=O) groups excluding carboxylic acids is 1. The van der Waals surface area contributed by atoms with Gasteiger partial charge in [0.25, 0.3) is 0 Å². The van der Waals surface area contributed by atoms with E-state index in [4.69, 9.17) is 21.1 Å². The summed E-state index contributed by atoms with van der Waals surface area (Å²) in [7, 11) is 0. The van der Waals surface area contributed by atoms with Gasteiger partial charge in [-0.1, -0.05) is 11.6 Å². The Morgan fingerprint density at radius 1 is 1.15 bits per heavy atom. The average Bonchev–Trinajstić information content (AvgIpc) is 3.01. The highest BCUT2D eigenvalue weighted by atomic mass is 35.5. The summed E-state index contributed by atoms with van der Waals surface area (Å²) in [5, 5.41) is 1.53. The number of ether oxygens (including phenoxy) is 2. The number of aromatic amines is 1. The van der Waals surface area contributed by atoms with Gasteiger partial charge in [-0.2, -0.15) is 0 Å². The van der Waals surface area contributed by atoms with Crippen molar-refractivity contribution in [1.82, 2.24) is 9.97 Å². The topological polar surface area (TPSA) is 64.2 Å². The third-order valence-electron chi connectivity index (χ3n) is 4.03. The molecule has 6 heteroatoms. The molecule has 0 saturated carbocycles. The first kappa shape index (κ1) is 18.3. The molecule has 0 bridgehead atoms.